The van der Waals surface area contributed by atoms with Gasteiger partial charge in [0.05, 0.1) is 5.69 Å². The number of hydrogen-bond donors (Lipinski definition) is 1. The summed E-state index contributed by atoms with van der Waals surface area (Å²) in [4.78, 5) is 4.68. The van der Waals surface area contributed by atoms with Gasteiger partial charge in [-0.2, -0.15) is 0 Å². The van der Waals surface area contributed by atoms with Crippen molar-refractivity contribution >= 4 is 5.82 Å². The van der Waals surface area contributed by atoms with Gasteiger partial charge in [-0.25, -0.2) is 4.98 Å². The minimum absolute atomic E-state index is 0.0656. The minimum atomic E-state index is 0.0656. The summed E-state index contributed by atoms with van der Waals surface area (Å²) in [7, 11) is 0. The van der Waals surface area contributed by atoms with Crippen LogP contribution in [0.5, 0.6) is 0 Å². The van der Waals surface area contributed by atoms with E-state index in [1.54, 1.807) is 0 Å². The predicted octanol–water partition coefficient (Wildman–Crippen LogP) is 2.74. The van der Waals surface area contributed by atoms with E-state index in [4.69, 9.17) is 5.73 Å². The molecule has 0 aromatic carbocycles. The van der Waals surface area contributed by atoms with Crippen molar-refractivity contribution in [1.29, 1.82) is 0 Å². The van der Waals surface area contributed by atoms with Crippen LogP contribution in [0.4, 0.5) is 5.82 Å². The molecule has 1 aromatic rings. The van der Waals surface area contributed by atoms with Crippen LogP contribution < -0.4 is 5.73 Å². The van der Waals surface area contributed by atoms with E-state index in [-0.39, 0.29) is 5.41 Å². The zero-order chi connectivity index (χ0) is 11.6. The first-order valence-corrected chi connectivity index (χ1v) is 5.77. The van der Waals surface area contributed by atoms with Gasteiger partial charge in [0.2, 0.25) is 0 Å². The molecule has 2 N–H and O–H groups in total. The van der Waals surface area contributed by atoms with Gasteiger partial charge in [0.15, 0.2) is 0 Å². The molecule has 0 saturated heterocycles. The van der Waals surface area contributed by atoms with Crippen LogP contribution >= 0.6 is 0 Å². The van der Waals surface area contributed by atoms with Crippen molar-refractivity contribution in [2.75, 3.05) is 5.73 Å². The van der Waals surface area contributed by atoms with Crippen molar-refractivity contribution in [3.05, 3.63) is 11.5 Å². The highest BCUT2D eigenvalue weighted by Gasteiger charge is 2.23. The molecule has 15 heavy (non-hydrogen) atoms. The molecule has 0 saturated carbocycles. The van der Waals surface area contributed by atoms with Gasteiger partial charge in [-0.05, 0) is 13.3 Å². The quantitative estimate of drug-likeness (QED) is 0.832. The molecule has 1 heterocycles. The molecule has 0 fully saturated rings. The van der Waals surface area contributed by atoms with Crippen molar-refractivity contribution < 1.29 is 0 Å². The summed E-state index contributed by atoms with van der Waals surface area (Å²) in [6.07, 6.45) is 2.07. The Kier molecular flexibility index (Phi) is 3.42. The number of hydrogen-bond acceptors (Lipinski definition) is 2. The second-order valence-electron chi connectivity index (χ2n) is 5.01. The lowest BCUT2D eigenvalue weighted by atomic mass is 9.96. The molecule has 0 spiro atoms. The van der Waals surface area contributed by atoms with E-state index in [1.165, 1.54) is 0 Å². The van der Waals surface area contributed by atoms with E-state index in [1.807, 2.05) is 0 Å². The summed E-state index contributed by atoms with van der Waals surface area (Å²) in [5.41, 5.74) is 7.22. The Morgan fingerprint density at radius 1 is 1.27 bits per heavy atom. The highest BCUT2D eigenvalue weighted by atomic mass is 15.1. The molecule has 86 valence electrons. The van der Waals surface area contributed by atoms with Gasteiger partial charge in [-0.1, -0.05) is 34.1 Å². The molecule has 0 atom stereocenters. The Morgan fingerprint density at radius 3 is 2.20 bits per heavy atom. The molecule has 3 heteroatoms. The first-order valence-electron chi connectivity index (χ1n) is 5.77. The fourth-order valence-electron chi connectivity index (χ4n) is 1.83. The highest BCUT2D eigenvalue weighted by Crippen LogP contribution is 2.26. The number of aromatic nitrogens is 2. The second-order valence-corrected chi connectivity index (χ2v) is 5.01. The van der Waals surface area contributed by atoms with Crippen molar-refractivity contribution in [2.24, 2.45) is 0 Å². The van der Waals surface area contributed by atoms with E-state index in [2.05, 4.69) is 44.2 Å². The van der Waals surface area contributed by atoms with Crippen molar-refractivity contribution in [3.63, 3.8) is 0 Å². The van der Waals surface area contributed by atoms with Crippen LogP contribution in [0.15, 0.2) is 0 Å². The summed E-state index contributed by atoms with van der Waals surface area (Å²) >= 11 is 0. The third-order valence-corrected chi connectivity index (χ3v) is 2.56. The van der Waals surface area contributed by atoms with E-state index in [0.717, 1.165) is 36.7 Å². The lowest BCUT2D eigenvalue weighted by Crippen LogP contribution is -2.19. The molecular weight excluding hydrogens is 186 g/mol. The van der Waals surface area contributed by atoms with Crippen molar-refractivity contribution in [2.45, 2.75) is 59.4 Å². The Bertz CT molecular complexity index is 331. The molecule has 0 amide bonds. The molecule has 1 aromatic heterocycles. The molecule has 0 aliphatic heterocycles. The number of nitrogens with zero attached hydrogens (tertiary/aromatic N) is 2. The number of nitrogen functional groups attached to an aromatic ring is 1. The molecule has 0 aliphatic rings. The van der Waals surface area contributed by atoms with E-state index in [9.17, 15) is 0 Å². The maximum absolute atomic E-state index is 6.10. The van der Waals surface area contributed by atoms with Gasteiger partial charge in [0.25, 0.3) is 0 Å². The maximum atomic E-state index is 6.10. The number of imidazole rings is 1. The summed E-state index contributed by atoms with van der Waals surface area (Å²) in [5, 5.41) is 0. The fraction of sp³-hybridized carbons (Fsp3) is 0.750. The number of anilines is 1. The highest BCUT2D eigenvalue weighted by molar-refractivity contribution is 5.39. The van der Waals surface area contributed by atoms with E-state index < -0.39 is 0 Å². The monoisotopic (exact) mass is 209 g/mol. The number of nitrogens with two attached hydrogens (primary N) is 1. The van der Waals surface area contributed by atoms with E-state index in [0.29, 0.717) is 0 Å². The largest absolute Gasteiger partial charge is 0.384 e. The number of aryl methyl sites for hydroxylation is 1. The first kappa shape index (κ1) is 12.1. The van der Waals surface area contributed by atoms with Crippen LogP contribution in [0.3, 0.4) is 0 Å². The first-order chi connectivity index (χ1) is 6.91. The summed E-state index contributed by atoms with van der Waals surface area (Å²) in [5.74, 6) is 1.95. The normalized spacial score (nSPS) is 12.1. The van der Waals surface area contributed by atoms with Crippen LogP contribution in [0, 0.1) is 0 Å². The third-order valence-electron chi connectivity index (χ3n) is 2.56. The summed E-state index contributed by atoms with van der Waals surface area (Å²) in [6, 6.07) is 0. The van der Waals surface area contributed by atoms with Crippen LogP contribution in [-0.4, -0.2) is 9.55 Å². The predicted molar refractivity (Wildman–Crippen MR) is 65.0 cm³/mol. The van der Waals surface area contributed by atoms with Crippen molar-refractivity contribution in [3.8, 4) is 0 Å². The zero-order valence-electron chi connectivity index (χ0n) is 10.6. The standard InChI is InChI=1S/C12H23N3/c1-6-8-9-10(13)15(7-2)11(14-9)12(3,4)5/h6-8,13H2,1-5H3. The Morgan fingerprint density at radius 2 is 1.87 bits per heavy atom. The SMILES string of the molecule is CCCc1nc(C(C)(C)C)n(CC)c1N. The average Bonchev–Trinajstić information content (AvgIpc) is 2.44. The average molecular weight is 209 g/mol. The molecule has 1 rings (SSSR count). The molecule has 0 aliphatic carbocycles. The molecule has 0 radical (unpaired) electrons. The van der Waals surface area contributed by atoms with Crippen LogP contribution in [-0.2, 0) is 18.4 Å². The second kappa shape index (κ2) is 4.25. The fourth-order valence-corrected chi connectivity index (χ4v) is 1.83. The summed E-state index contributed by atoms with van der Waals surface area (Å²) < 4.78 is 2.13. The minimum Gasteiger partial charge on any atom is -0.384 e. The molecule has 3 nitrogen and oxygen atoms in total. The zero-order valence-corrected chi connectivity index (χ0v) is 10.6. The van der Waals surface area contributed by atoms with Gasteiger partial charge in [-0.15, -0.1) is 0 Å². The molecule has 0 bridgehead atoms. The van der Waals surface area contributed by atoms with Gasteiger partial charge in [-0.3, -0.25) is 0 Å². The van der Waals surface area contributed by atoms with Gasteiger partial charge < -0.3 is 10.3 Å². The molecular formula is C12H23N3. The Balaban J connectivity index is 3.22. The topological polar surface area (TPSA) is 43.8 Å². The smallest absolute Gasteiger partial charge is 0.126 e. The third kappa shape index (κ3) is 2.33. The van der Waals surface area contributed by atoms with Crippen LogP contribution in [0.1, 0.15) is 52.6 Å². The van der Waals surface area contributed by atoms with Crippen LogP contribution in [0.2, 0.25) is 0 Å². The number of rotatable bonds is 3. The molecule has 0 unspecified atom stereocenters. The summed E-state index contributed by atoms with van der Waals surface area (Å²) in [6.45, 7) is 11.7. The lowest BCUT2D eigenvalue weighted by molar-refractivity contribution is 0.508. The van der Waals surface area contributed by atoms with E-state index >= 15 is 0 Å². The van der Waals surface area contributed by atoms with Gasteiger partial charge in [0, 0.05) is 12.0 Å². The Hall–Kier alpha value is -0.990. The Labute approximate surface area is 92.7 Å². The maximum Gasteiger partial charge on any atom is 0.126 e. The van der Waals surface area contributed by atoms with Gasteiger partial charge in [0.1, 0.15) is 11.6 Å². The van der Waals surface area contributed by atoms with Crippen LogP contribution in [0.25, 0.3) is 0 Å². The van der Waals surface area contributed by atoms with Crippen molar-refractivity contribution in [1.82, 2.24) is 9.55 Å². The lowest BCUT2D eigenvalue weighted by Gasteiger charge is -2.19. The van der Waals surface area contributed by atoms with Gasteiger partial charge >= 0.3 is 0 Å².